The highest BCUT2D eigenvalue weighted by Crippen LogP contribution is 2.29. The van der Waals surface area contributed by atoms with Crippen molar-refractivity contribution in [3.05, 3.63) is 0 Å². The number of likely N-dealkylation sites (tertiary alicyclic amines) is 2. The van der Waals surface area contributed by atoms with Crippen LogP contribution < -0.4 is 0 Å². The fourth-order valence-electron chi connectivity index (χ4n) is 4.14. The molecule has 2 fully saturated rings. The van der Waals surface area contributed by atoms with E-state index in [2.05, 4.69) is 44.4 Å². The second kappa shape index (κ2) is 7.97. The molecule has 3 unspecified atom stereocenters. The summed E-state index contributed by atoms with van der Waals surface area (Å²) in [6.07, 6.45) is 7.06. The van der Waals surface area contributed by atoms with Crippen LogP contribution in [0, 0.1) is 17.8 Å². The minimum atomic E-state index is 0.733. The molecule has 0 saturated carbocycles. The van der Waals surface area contributed by atoms with Crippen molar-refractivity contribution in [2.75, 3.05) is 26.2 Å². The summed E-state index contributed by atoms with van der Waals surface area (Å²) in [7, 11) is 0. The Hall–Kier alpha value is -0.0800. The Labute approximate surface area is 133 Å². The van der Waals surface area contributed by atoms with Gasteiger partial charge in [0.05, 0.1) is 0 Å². The summed E-state index contributed by atoms with van der Waals surface area (Å²) >= 11 is 0. The minimum Gasteiger partial charge on any atom is -0.301 e. The third-order valence-corrected chi connectivity index (χ3v) is 6.27. The van der Waals surface area contributed by atoms with Crippen molar-refractivity contribution in [1.82, 2.24) is 9.80 Å². The zero-order valence-electron chi connectivity index (χ0n) is 15.1. The highest BCUT2D eigenvalue weighted by molar-refractivity contribution is 4.82. The van der Waals surface area contributed by atoms with Gasteiger partial charge in [-0.05, 0) is 90.3 Å². The van der Waals surface area contributed by atoms with Crippen LogP contribution in [-0.4, -0.2) is 48.1 Å². The summed E-state index contributed by atoms with van der Waals surface area (Å²) in [5, 5.41) is 0. The summed E-state index contributed by atoms with van der Waals surface area (Å²) in [4.78, 5) is 5.40. The van der Waals surface area contributed by atoms with E-state index in [1.54, 1.807) is 0 Å². The maximum absolute atomic E-state index is 2.74. The standard InChI is InChI=1S/C19H38N2/c1-15(2)21-13-10-19(14-21)17(4)6-7-18(5)20-11-8-16(3)9-12-20/h15-19H,6-14H2,1-5H3. The molecule has 0 aromatic carbocycles. The van der Waals surface area contributed by atoms with Crippen LogP contribution in [0.15, 0.2) is 0 Å². The highest BCUT2D eigenvalue weighted by Gasteiger charge is 2.28. The van der Waals surface area contributed by atoms with Gasteiger partial charge in [-0.25, -0.2) is 0 Å². The van der Waals surface area contributed by atoms with Gasteiger partial charge < -0.3 is 9.80 Å². The lowest BCUT2D eigenvalue weighted by molar-refractivity contribution is 0.133. The van der Waals surface area contributed by atoms with E-state index < -0.39 is 0 Å². The average Bonchev–Trinajstić information content (AvgIpc) is 2.95. The van der Waals surface area contributed by atoms with Crippen LogP contribution in [0.25, 0.3) is 0 Å². The summed E-state index contributed by atoms with van der Waals surface area (Å²) in [6, 6.07) is 1.53. The number of rotatable bonds is 6. The van der Waals surface area contributed by atoms with Gasteiger partial charge in [0, 0.05) is 18.6 Å². The minimum absolute atomic E-state index is 0.733. The summed E-state index contributed by atoms with van der Waals surface area (Å²) in [6.45, 7) is 17.4. The molecular weight excluding hydrogens is 256 g/mol. The molecule has 2 heteroatoms. The van der Waals surface area contributed by atoms with Gasteiger partial charge >= 0.3 is 0 Å². The van der Waals surface area contributed by atoms with Crippen molar-refractivity contribution in [3.63, 3.8) is 0 Å². The Morgan fingerprint density at radius 1 is 0.857 bits per heavy atom. The Morgan fingerprint density at radius 3 is 2.05 bits per heavy atom. The fraction of sp³-hybridized carbons (Fsp3) is 1.00. The van der Waals surface area contributed by atoms with Gasteiger partial charge in [0.2, 0.25) is 0 Å². The van der Waals surface area contributed by atoms with Crippen molar-refractivity contribution < 1.29 is 0 Å². The molecule has 0 aliphatic carbocycles. The van der Waals surface area contributed by atoms with E-state index in [1.807, 2.05) is 0 Å². The summed E-state index contributed by atoms with van der Waals surface area (Å²) < 4.78 is 0. The number of nitrogens with zero attached hydrogens (tertiary/aromatic N) is 2. The predicted octanol–water partition coefficient (Wildman–Crippen LogP) is 4.25. The summed E-state index contributed by atoms with van der Waals surface area (Å²) in [5.41, 5.74) is 0. The topological polar surface area (TPSA) is 6.48 Å². The van der Waals surface area contributed by atoms with E-state index in [0.717, 1.165) is 29.8 Å². The van der Waals surface area contributed by atoms with Crippen molar-refractivity contribution in [3.8, 4) is 0 Å². The average molecular weight is 295 g/mol. The zero-order valence-corrected chi connectivity index (χ0v) is 15.1. The number of hydrogen-bond acceptors (Lipinski definition) is 2. The Bertz CT molecular complexity index is 294. The molecule has 0 N–H and O–H groups in total. The maximum Gasteiger partial charge on any atom is 0.00670 e. The maximum atomic E-state index is 2.74. The fourth-order valence-corrected chi connectivity index (χ4v) is 4.14. The lowest BCUT2D eigenvalue weighted by Gasteiger charge is -2.35. The quantitative estimate of drug-likeness (QED) is 0.722. The van der Waals surface area contributed by atoms with Crippen LogP contribution >= 0.6 is 0 Å². The van der Waals surface area contributed by atoms with E-state index in [9.17, 15) is 0 Å². The van der Waals surface area contributed by atoms with Crippen LogP contribution in [0.3, 0.4) is 0 Å². The van der Waals surface area contributed by atoms with Gasteiger partial charge in [-0.2, -0.15) is 0 Å². The van der Waals surface area contributed by atoms with E-state index in [0.29, 0.717) is 0 Å². The van der Waals surface area contributed by atoms with E-state index >= 15 is 0 Å². The molecule has 0 spiro atoms. The van der Waals surface area contributed by atoms with E-state index in [-0.39, 0.29) is 0 Å². The van der Waals surface area contributed by atoms with Gasteiger partial charge in [-0.3, -0.25) is 0 Å². The van der Waals surface area contributed by atoms with Crippen LogP contribution in [0.1, 0.15) is 66.7 Å². The summed E-state index contributed by atoms with van der Waals surface area (Å²) in [5.74, 6) is 2.80. The molecule has 0 radical (unpaired) electrons. The first-order chi connectivity index (χ1) is 9.97. The van der Waals surface area contributed by atoms with E-state index in [1.165, 1.54) is 58.3 Å². The molecule has 2 heterocycles. The van der Waals surface area contributed by atoms with Gasteiger partial charge in [0.25, 0.3) is 0 Å². The third-order valence-electron chi connectivity index (χ3n) is 6.27. The molecule has 2 rings (SSSR count). The molecule has 2 aliphatic rings. The first kappa shape index (κ1) is 17.3. The molecule has 21 heavy (non-hydrogen) atoms. The van der Waals surface area contributed by atoms with Crippen LogP contribution in [-0.2, 0) is 0 Å². The third kappa shape index (κ3) is 4.96. The van der Waals surface area contributed by atoms with Crippen LogP contribution in [0.4, 0.5) is 0 Å². The first-order valence-corrected chi connectivity index (χ1v) is 9.45. The molecule has 2 aliphatic heterocycles. The SMILES string of the molecule is CC1CCN(C(C)CCC(C)C2CCN(C(C)C)C2)CC1. The lowest BCUT2D eigenvalue weighted by atomic mass is 9.87. The van der Waals surface area contributed by atoms with Gasteiger partial charge in [-0.1, -0.05) is 13.8 Å². The molecule has 2 saturated heterocycles. The normalized spacial score (nSPS) is 29.1. The number of hydrogen-bond donors (Lipinski definition) is 0. The molecule has 0 aromatic heterocycles. The van der Waals surface area contributed by atoms with Crippen molar-refractivity contribution >= 4 is 0 Å². The molecule has 0 bridgehead atoms. The van der Waals surface area contributed by atoms with Crippen molar-refractivity contribution in [2.45, 2.75) is 78.8 Å². The molecule has 0 aromatic rings. The monoisotopic (exact) mass is 294 g/mol. The highest BCUT2D eigenvalue weighted by atomic mass is 15.2. The van der Waals surface area contributed by atoms with Crippen molar-refractivity contribution in [2.24, 2.45) is 17.8 Å². The Morgan fingerprint density at radius 2 is 1.48 bits per heavy atom. The largest absolute Gasteiger partial charge is 0.301 e. The van der Waals surface area contributed by atoms with E-state index in [4.69, 9.17) is 0 Å². The second-order valence-electron chi connectivity index (χ2n) is 8.26. The van der Waals surface area contributed by atoms with Gasteiger partial charge in [0.15, 0.2) is 0 Å². The van der Waals surface area contributed by atoms with Gasteiger partial charge in [0.1, 0.15) is 0 Å². The predicted molar refractivity (Wildman–Crippen MR) is 92.6 cm³/mol. The number of piperidine rings is 1. The first-order valence-electron chi connectivity index (χ1n) is 9.45. The van der Waals surface area contributed by atoms with Crippen molar-refractivity contribution in [1.29, 1.82) is 0 Å². The molecule has 2 nitrogen and oxygen atoms in total. The zero-order chi connectivity index (χ0) is 15.4. The molecule has 3 atom stereocenters. The smallest absolute Gasteiger partial charge is 0.00670 e. The lowest BCUT2D eigenvalue weighted by Crippen LogP contribution is -2.39. The van der Waals surface area contributed by atoms with Crippen LogP contribution in [0.5, 0.6) is 0 Å². The Kier molecular flexibility index (Phi) is 6.55. The Balaban J connectivity index is 1.68. The van der Waals surface area contributed by atoms with Crippen LogP contribution in [0.2, 0.25) is 0 Å². The van der Waals surface area contributed by atoms with Gasteiger partial charge in [-0.15, -0.1) is 0 Å². The molecule has 124 valence electrons. The molecular formula is C19H38N2. The second-order valence-corrected chi connectivity index (χ2v) is 8.26. The molecule has 0 amide bonds.